The van der Waals surface area contributed by atoms with Gasteiger partial charge in [-0.1, -0.05) is 25.7 Å². The van der Waals surface area contributed by atoms with Gasteiger partial charge in [0.15, 0.2) is 0 Å². The van der Waals surface area contributed by atoms with Crippen LogP contribution in [-0.2, 0) is 9.59 Å². The smallest absolute Gasteiger partial charge is 0.239 e. The van der Waals surface area contributed by atoms with E-state index < -0.39 is 11.2 Å². The van der Waals surface area contributed by atoms with Gasteiger partial charge in [-0.05, 0) is 18.2 Å². The van der Waals surface area contributed by atoms with Crippen LogP contribution in [0, 0.1) is 23.1 Å². The largest absolute Gasteiger partial charge is 0.320 e. The summed E-state index contributed by atoms with van der Waals surface area (Å²) >= 11 is 0. The van der Waals surface area contributed by atoms with Crippen LogP contribution < -0.4 is 10.6 Å². The SMILES string of the molecule is CC1(C)CC(=O)N(c2ccc(C#CCN)c(F)c2)C1=O. The van der Waals surface area contributed by atoms with Crippen molar-refractivity contribution in [3.63, 3.8) is 0 Å². The third kappa shape index (κ3) is 2.43. The molecule has 2 amide bonds. The third-order valence-corrected chi connectivity index (χ3v) is 3.16. The first-order valence-corrected chi connectivity index (χ1v) is 6.22. The molecule has 1 aliphatic rings. The summed E-state index contributed by atoms with van der Waals surface area (Å²) < 4.78 is 13.9. The van der Waals surface area contributed by atoms with Gasteiger partial charge in [-0.3, -0.25) is 9.59 Å². The summed E-state index contributed by atoms with van der Waals surface area (Å²) in [4.78, 5) is 25.1. The van der Waals surface area contributed by atoms with Crippen LogP contribution in [0.15, 0.2) is 18.2 Å². The summed E-state index contributed by atoms with van der Waals surface area (Å²) in [5, 5.41) is 0. The number of hydrogen-bond acceptors (Lipinski definition) is 3. The van der Waals surface area contributed by atoms with Crippen LogP contribution in [0.25, 0.3) is 0 Å². The predicted molar refractivity (Wildman–Crippen MR) is 73.2 cm³/mol. The maximum Gasteiger partial charge on any atom is 0.239 e. The van der Waals surface area contributed by atoms with E-state index in [0.29, 0.717) is 0 Å². The first-order chi connectivity index (χ1) is 9.36. The Labute approximate surface area is 116 Å². The molecule has 0 unspecified atom stereocenters. The fraction of sp³-hybridized carbons (Fsp3) is 0.333. The number of hydrogen-bond donors (Lipinski definition) is 1. The summed E-state index contributed by atoms with van der Waals surface area (Å²) in [7, 11) is 0. The van der Waals surface area contributed by atoms with E-state index in [1.165, 1.54) is 12.1 Å². The molecule has 2 rings (SSSR count). The van der Waals surface area contributed by atoms with Gasteiger partial charge in [0, 0.05) is 6.42 Å². The number of imide groups is 1. The third-order valence-electron chi connectivity index (χ3n) is 3.16. The van der Waals surface area contributed by atoms with Gasteiger partial charge in [-0.15, -0.1) is 0 Å². The normalized spacial score (nSPS) is 17.1. The van der Waals surface area contributed by atoms with Crippen molar-refractivity contribution in [1.29, 1.82) is 0 Å². The molecule has 1 fully saturated rings. The highest BCUT2D eigenvalue weighted by molar-refractivity contribution is 6.22. The van der Waals surface area contributed by atoms with Gasteiger partial charge in [0.1, 0.15) is 5.82 Å². The molecule has 0 spiro atoms. The molecule has 1 aliphatic heterocycles. The van der Waals surface area contributed by atoms with Gasteiger partial charge in [0.25, 0.3) is 0 Å². The van der Waals surface area contributed by atoms with E-state index in [2.05, 4.69) is 11.8 Å². The van der Waals surface area contributed by atoms with Gasteiger partial charge in [-0.2, -0.15) is 0 Å². The Hall–Kier alpha value is -2.19. The molecule has 0 bridgehead atoms. The first-order valence-electron chi connectivity index (χ1n) is 6.22. The Balaban J connectivity index is 2.38. The monoisotopic (exact) mass is 274 g/mol. The minimum absolute atomic E-state index is 0.127. The zero-order chi connectivity index (χ0) is 14.9. The number of rotatable bonds is 1. The quantitative estimate of drug-likeness (QED) is 0.622. The van der Waals surface area contributed by atoms with Crippen LogP contribution in [0.5, 0.6) is 0 Å². The van der Waals surface area contributed by atoms with Crippen LogP contribution in [0.4, 0.5) is 10.1 Å². The van der Waals surface area contributed by atoms with E-state index in [4.69, 9.17) is 5.73 Å². The topological polar surface area (TPSA) is 63.4 Å². The van der Waals surface area contributed by atoms with Crippen molar-refractivity contribution in [2.24, 2.45) is 11.1 Å². The molecule has 20 heavy (non-hydrogen) atoms. The molecule has 0 radical (unpaired) electrons. The Morgan fingerprint density at radius 1 is 1.40 bits per heavy atom. The number of nitrogens with two attached hydrogens (primary N) is 1. The molecule has 0 aliphatic carbocycles. The number of halogens is 1. The zero-order valence-corrected chi connectivity index (χ0v) is 11.4. The van der Waals surface area contributed by atoms with E-state index in [9.17, 15) is 14.0 Å². The molecule has 0 atom stereocenters. The fourth-order valence-corrected chi connectivity index (χ4v) is 2.10. The number of amides is 2. The van der Waals surface area contributed by atoms with Crippen molar-refractivity contribution in [3.05, 3.63) is 29.6 Å². The number of carbonyl (C=O) groups is 2. The van der Waals surface area contributed by atoms with Gasteiger partial charge in [0.2, 0.25) is 11.8 Å². The minimum Gasteiger partial charge on any atom is -0.320 e. The molecule has 0 saturated carbocycles. The van der Waals surface area contributed by atoms with Crippen molar-refractivity contribution in [3.8, 4) is 11.8 Å². The van der Waals surface area contributed by atoms with Crippen molar-refractivity contribution >= 4 is 17.5 Å². The van der Waals surface area contributed by atoms with E-state index in [1.54, 1.807) is 13.8 Å². The van der Waals surface area contributed by atoms with Crippen molar-refractivity contribution < 1.29 is 14.0 Å². The summed E-state index contributed by atoms with van der Waals surface area (Å²) in [5.41, 5.74) is 4.91. The summed E-state index contributed by atoms with van der Waals surface area (Å²) in [6.07, 6.45) is 0.127. The molecule has 1 aromatic rings. The molecule has 1 aromatic carbocycles. The standard InChI is InChI=1S/C15H15FN2O2/c1-15(2)9-13(19)18(14(15)20)11-6-5-10(4-3-7-17)12(16)8-11/h5-6,8H,7,9,17H2,1-2H3. The summed E-state index contributed by atoms with van der Waals surface area (Å²) in [6.45, 7) is 3.54. The Bertz CT molecular complexity index is 641. The van der Waals surface area contributed by atoms with Crippen LogP contribution in [0.3, 0.4) is 0 Å². The average Bonchev–Trinajstić information content (AvgIpc) is 2.57. The van der Waals surface area contributed by atoms with E-state index in [0.717, 1.165) is 11.0 Å². The molecular weight excluding hydrogens is 259 g/mol. The van der Waals surface area contributed by atoms with Crippen molar-refractivity contribution in [1.82, 2.24) is 0 Å². The highest BCUT2D eigenvalue weighted by Crippen LogP contribution is 2.35. The molecule has 2 N–H and O–H groups in total. The summed E-state index contributed by atoms with van der Waals surface area (Å²) in [5.74, 6) is 3.93. The van der Waals surface area contributed by atoms with Crippen LogP contribution in [0.2, 0.25) is 0 Å². The molecule has 1 heterocycles. The van der Waals surface area contributed by atoms with Gasteiger partial charge in [0.05, 0.1) is 23.2 Å². The molecule has 0 aromatic heterocycles. The maximum absolute atomic E-state index is 13.9. The highest BCUT2D eigenvalue weighted by atomic mass is 19.1. The zero-order valence-electron chi connectivity index (χ0n) is 11.4. The average molecular weight is 274 g/mol. The van der Waals surface area contributed by atoms with Gasteiger partial charge < -0.3 is 5.73 Å². The first kappa shape index (κ1) is 14.2. The number of benzene rings is 1. The number of carbonyl (C=O) groups excluding carboxylic acids is 2. The Morgan fingerprint density at radius 2 is 2.10 bits per heavy atom. The highest BCUT2D eigenvalue weighted by Gasteiger charge is 2.45. The second-order valence-corrected chi connectivity index (χ2v) is 5.27. The minimum atomic E-state index is -0.744. The molecular formula is C15H15FN2O2. The van der Waals surface area contributed by atoms with Crippen LogP contribution in [0.1, 0.15) is 25.8 Å². The predicted octanol–water partition coefficient (Wildman–Crippen LogP) is 1.43. The molecule has 104 valence electrons. The van der Waals surface area contributed by atoms with Gasteiger partial charge in [-0.25, -0.2) is 9.29 Å². The number of nitrogens with zero attached hydrogens (tertiary/aromatic N) is 1. The lowest BCUT2D eigenvalue weighted by Crippen LogP contribution is -2.33. The van der Waals surface area contributed by atoms with Crippen molar-refractivity contribution in [2.45, 2.75) is 20.3 Å². The second-order valence-electron chi connectivity index (χ2n) is 5.27. The summed E-state index contributed by atoms with van der Waals surface area (Å²) in [6, 6.07) is 4.11. The van der Waals surface area contributed by atoms with E-state index in [-0.39, 0.29) is 36.0 Å². The fourth-order valence-electron chi connectivity index (χ4n) is 2.10. The maximum atomic E-state index is 13.9. The van der Waals surface area contributed by atoms with Gasteiger partial charge >= 0.3 is 0 Å². The lowest BCUT2D eigenvalue weighted by Gasteiger charge is -2.18. The van der Waals surface area contributed by atoms with E-state index >= 15 is 0 Å². The molecule has 5 heteroatoms. The Morgan fingerprint density at radius 3 is 2.60 bits per heavy atom. The lowest BCUT2D eigenvalue weighted by molar-refractivity contribution is -0.124. The Kier molecular flexibility index (Phi) is 3.60. The second kappa shape index (κ2) is 5.06. The van der Waals surface area contributed by atoms with Crippen LogP contribution >= 0.6 is 0 Å². The van der Waals surface area contributed by atoms with Crippen LogP contribution in [-0.4, -0.2) is 18.4 Å². The number of anilines is 1. The molecule has 4 nitrogen and oxygen atoms in total. The lowest BCUT2D eigenvalue weighted by atomic mass is 9.92. The molecule has 1 saturated heterocycles. The van der Waals surface area contributed by atoms with E-state index in [1.807, 2.05) is 0 Å². The van der Waals surface area contributed by atoms with Crippen molar-refractivity contribution in [2.75, 3.05) is 11.4 Å².